The molecule has 4 nitrogen and oxygen atoms in total. The minimum atomic E-state index is 0.777. The molecule has 0 aromatic rings. The summed E-state index contributed by atoms with van der Waals surface area (Å²) in [5, 5.41) is 0. The van der Waals surface area contributed by atoms with Crippen LogP contribution in [-0.4, -0.2) is 100 Å². The molecule has 256 valence electrons. The first-order valence-electron chi connectivity index (χ1n) is 19.6. The van der Waals surface area contributed by atoms with Crippen LogP contribution in [-0.2, 0) is 0 Å². The third-order valence-corrected chi connectivity index (χ3v) is 14.3. The fraction of sp³-hybridized carbons (Fsp3) is 1.00. The molecule has 0 amide bonds. The molecule has 0 atom stereocenters. The molecule has 0 bridgehead atoms. The maximum absolute atomic E-state index is 2.49. The monoisotopic (exact) mass is 613 g/mol. The van der Waals surface area contributed by atoms with Crippen LogP contribution in [0.2, 0.25) is 0 Å². The zero-order chi connectivity index (χ0) is 31.6. The fourth-order valence-corrected chi connectivity index (χ4v) is 11.5. The quantitative estimate of drug-likeness (QED) is 0.272. The van der Waals surface area contributed by atoms with Crippen LogP contribution >= 0.6 is 0 Å². The maximum Gasteiger partial charge on any atom is 0.00476 e. The second kappa shape index (κ2) is 14.5. The smallest absolute Gasteiger partial charge is 0.00476 e. The van der Waals surface area contributed by atoms with Crippen LogP contribution in [0.1, 0.15) is 130 Å². The second-order valence-corrected chi connectivity index (χ2v) is 19.3. The molecule has 4 saturated heterocycles. The van der Waals surface area contributed by atoms with Gasteiger partial charge in [-0.2, -0.15) is 0 Å². The van der Waals surface area contributed by atoms with Crippen LogP contribution < -0.4 is 0 Å². The van der Waals surface area contributed by atoms with E-state index in [1.165, 1.54) is 155 Å². The predicted molar refractivity (Wildman–Crippen MR) is 190 cm³/mol. The lowest BCUT2D eigenvalue weighted by molar-refractivity contribution is -0.0758. The van der Waals surface area contributed by atoms with Gasteiger partial charge in [0.25, 0.3) is 0 Å². The van der Waals surface area contributed by atoms with Crippen molar-refractivity contribution in [2.75, 3.05) is 80.5 Å². The average Bonchev–Trinajstić information content (AvgIpc) is 2.93. The number of rotatable bonds is 0. The van der Waals surface area contributed by atoms with Crippen LogP contribution in [0.3, 0.4) is 0 Å². The van der Waals surface area contributed by atoms with Crippen LogP contribution in [0.25, 0.3) is 0 Å². The zero-order valence-corrected chi connectivity index (χ0v) is 31.1. The Labute approximate surface area is 275 Å². The number of nitrogens with zero attached hydrogens (tertiary/aromatic N) is 4. The molecular weight excluding hydrogens is 536 g/mol. The number of likely N-dealkylation sites (tertiary alicyclic amines) is 4. The van der Waals surface area contributed by atoms with Crippen molar-refractivity contribution in [3.63, 3.8) is 0 Å². The SMILES string of the molecule is CC1CC2(C1)CN(C)C2.CC1CC2(CCN(C)CC2)C1.CC1CCC2(CC1)CCN(C)CC2.CC1CCC2(CC1)CN(C)C2. The van der Waals surface area contributed by atoms with Crippen molar-refractivity contribution in [1.29, 1.82) is 0 Å². The van der Waals surface area contributed by atoms with Crippen molar-refractivity contribution in [3.8, 4) is 0 Å². The van der Waals surface area contributed by atoms with E-state index in [4.69, 9.17) is 0 Å². The van der Waals surface area contributed by atoms with E-state index in [9.17, 15) is 0 Å². The van der Waals surface area contributed by atoms with Crippen LogP contribution in [0.5, 0.6) is 0 Å². The molecule has 4 heteroatoms. The van der Waals surface area contributed by atoms with Gasteiger partial charge in [-0.3, -0.25) is 0 Å². The molecule has 8 aliphatic rings. The van der Waals surface area contributed by atoms with Crippen molar-refractivity contribution < 1.29 is 0 Å². The summed E-state index contributed by atoms with van der Waals surface area (Å²) in [6.07, 6.45) is 23.9. The van der Waals surface area contributed by atoms with E-state index in [-0.39, 0.29) is 0 Å². The molecular formula is C40H76N4. The largest absolute Gasteiger partial charge is 0.306 e. The van der Waals surface area contributed by atoms with E-state index >= 15 is 0 Å². The lowest BCUT2D eigenvalue weighted by Gasteiger charge is -2.57. The van der Waals surface area contributed by atoms with Gasteiger partial charge in [0, 0.05) is 26.2 Å². The van der Waals surface area contributed by atoms with Crippen molar-refractivity contribution in [3.05, 3.63) is 0 Å². The molecule has 44 heavy (non-hydrogen) atoms. The van der Waals surface area contributed by atoms with Gasteiger partial charge in [-0.15, -0.1) is 0 Å². The topological polar surface area (TPSA) is 13.0 Å². The van der Waals surface area contributed by atoms with E-state index in [0.29, 0.717) is 0 Å². The second-order valence-electron chi connectivity index (χ2n) is 19.3. The molecule has 0 unspecified atom stereocenters. The van der Waals surface area contributed by atoms with Gasteiger partial charge in [0.1, 0.15) is 0 Å². The van der Waals surface area contributed by atoms with Gasteiger partial charge in [0.2, 0.25) is 0 Å². The Kier molecular flexibility index (Phi) is 11.6. The molecule has 4 heterocycles. The Morgan fingerprint density at radius 2 is 0.659 bits per heavy atom. The van der Waals surface area contributed by atoms with Gasteiger partial charge in [-0.1, -0.05) is 53.4 Å². The highest BCUT2D eigenvalue weighted by molar-refractivity contribution is 5.02. The Morgan fingerprint density at radius 3 is 1.02 bits per heavy atom. The molecule has 8 rings (SSSR count). The summed E-state index contributed by atoms with van der Waals surface area (Å²) in [7, 11) is 8.96. The highest BCUT2D eigenvalue weighted by Gasteiger charge is 2.49. The van der Waals surface area contributed by atoms with Crippen LogP contribution in [0, 0.1) is 45.3 Å². The van der Waals surface area contributed by atoms with Crippen molar-refractivity contribution in [2.45, 2.75) is 130 Å². The number of hydrogen-bond acceptors (Lipinski definition) is 4. The summed E-state index contributed by atoms with van der Waals surface area (Å²) in [5.74, 6) is 4.06. The molecule has 8 fully saturated rings. The molecule has 4 aliphatic heterocycles. The van der Waals surface area contributed by atoms with E-state index in [1.807, 2.05) is 0 Å². The van der Waals surface area contributed by atoms with Gasteiger partial charge in [0.05, 0.1) is 0 Å². The number of hydrogen-bond donors (Lipinski definition) is 0. The van der Waals surface area contributed by atoms with Gasteiger partial charge in [-0.05, 0) is 177 Å². The summed E-state index contributed by atoms with van der Waals surface area (Å²) in [4.78, 5) is 9.83. The maximum atomic E-state index is 2.49. The molecule has 4 spiro atoms. The Morgan fingerprint density at radius 1 is 0.341 bits per heavy atom. The molecule has 4 saturated carbocycles. The summed E-state index contributed by atoms with van der Waals surface area (Å²) in [5.41, 5.74) is 3.18. The molecule has 0 N–H and O–H groups in total. The van der Waals surface area contributed by atoms with Gasteiger partial charge < -0.3 is 19.6 Å². The summed E-state index contributed by atoms with van der Waals surface area (Å²) < 4.78 is 0. The van der Waals surface area contributed by atoms with E-state index < -0.39 is 0 Å². The zero-order valence-electron chi connectivity index (χ0n) is 31.1. The molecule has 4 aliphatic carbocycles. The summed E-state index contributed by atoms with van der Waals surface area (Å²) in [6, 6.07) is 0. The minimum Gasteiger partial charge on any atom is -0.306 e. The number of piperidine rings is 2. The summed E-state index contributed by atoms with van der Waals surface area (Å²) in [6.45, 7) is 20.4. The third-order valence-electron chi connectivity index (χ3n) is 14.3. The Bertz CT molecular complexity index is 761. The van der Waals surface area contributed by atoms with E-state index in [2.05, 4.69) is 75.5 Å². The normalized spacial score (nSPS) is 35.9. The first kappa shape index (κ1) is 35.2. The highest BCUT2D eigenvalue weighted by Crippen LogP contribution is 2.52. The highest BCUT2D eigenvalue weighted by atomic mass is 15.2. The molecule has 0 aromatic carbocycles. The Hall–Kier alpha value is -0.160. The van der Waals surface area contributed by atoms with Gasteiger partial charge in [0.15, 0.2) is 0 Å². The lowest BCUT2D eigenvalue weighted by atomic mass is 9.58. The van der Waals surface area contributed by atoms with E-state index in [0.717, 1.165) is 45.3 Å². The first-order valence-corrected chi connectivity index (χ1v) is 19.6. The van der Waals surface area contributed by atoms with Crippen LogP contribution in [0.4, 0.5) is 0 Å². The van der Waals surface area contributed by atoms with Gasteiger partial charge >= 0.3 is 0 Å². The standard InChI is InChI=1S/C12H23N.2C10H19N.C8H15N/c1-11-3-5-12(6-4-11)7-9-13(2)10-8-12;1-9-7-10(8-9)3-5-11(2)6-4-10;1-9-3-5-10(6-4-9)7-11(2)8-10;1-7-3-8(4-7)5-9(2)6-8/h11H,3-10H2,1-2H3;2*9H,3-8H2,1-2H3;7H,3-6H2,1-2H3. The van der Waals surface area contributed by atoms with Crippen molar-refractivity contribution in [1.82, 2.24) is 19.6 Å². The summed E-state index contributed by atoms with van der Waals surface area (Å²) >= 11 is 0. The fourth-order valence-electron chi connectivity index (χ4n) is 11.5. The molecule has 0 aromatic heterocycles. The van der Waals surface area contributed by atoms with Gasteiger partial charge in [-0.25, -0.2) is 0 Å². The predicted octanol–water partition coefficient (Wildman–Crippen LogP) is 8.51. The van der Waals surface area contributed by atoms with Crippen LogP contribution in [0.15, 0.2) is 0 Å². The van der Waals surface area contributed by atoms with E-state index in [1.54, 1.807) is 0 Å². The lowest BCUT2D eigenvalue weighted by Crippen LogP contribution is -2.60. The van der Waals surface area contributed by atoms with Crippen molar-refractivity contribution >= 4 is 0 Å². The first-order chi connectivity index (χ1) is 20.8. The minimum absolute atomic E-state index is 0.777. The molecule has 0 radical (unpaired) electrons. The third kappa shape index (κ3) is 9.04. The van der Waals surface area contributed by atoms with Crippen molar-refractivity contribution in [2.24, 2.45) is 45.3 Å². The Balaban J connectivity index is 0.000000117. The average molecular weight is 613 g/mol.